The van der Waals surface area contributed by atoms with Gasteiger partial charge in [0, 0.05) is 29.1 Å². The number of likely N-dealkylation sites (N-methyl/N-ethyl adjacent to an activating group) is 1. The summed E-state index contributed by atoms with van der Waals surface area (Å²) in [6.45, 7) is 6.62. The van der Waals surface area contributed by atoms with Crippen molar-refractivity contribution in [1.29, 1.82) is 0 Å². The second-order valence-corrected chi connectivity index (χ2v) is 6.80. The Hall–Kier alpha value is -0.580. The third-order valence-corrected chi connectivity index (χ3v) is 4.85. The molecular formula is C15H23BrN2O. The molecule has 19 heavy (non-hydrogen) atoms. The Labute approximate surface area is 124 Å². The van der Waals surface area contributed by atoms with Crippen LogP contribution in [0.15, 0.2) is 28.7 Å². The number of anilines is 1. The molecule has 1 atom stereocenters. The summed E-state index contributed by atoms with van der Waals surface area (Å²) in [6, 6.07) is 8.51. The first-order chi connectivity index (χ1) is 8.95. The Morgan fingerprint density at radius 2 is 2.05 bits per heavy atom. The summed E-state index contributed by atoms with van der Waals surface area (Å²) in [5.41, 5.74) is 1.29. The van der Waals surface area contributed by atoms with E-state index in [1.165, 1.54) is 5.69 Å². The summed E-state index contributed by atoms with van der Waals surface area (Å²) in [5.74, 6) is 0. The summed E-state index contributed by atoms with van der Waals surface area (Å²) < 4.78 is 1.12. The van der Waals surface area contributed by atoms with Gasteiger partial charge in [0.05, 0.1) is 12.3 Å². The third kappa shape index (κ3) is 3.12. The quantitative estimate of drug-likeness (QED) is 0.905. The van der Waals surface area contributed by atoms with Gasteiger partial charge in [0.15, 0.2) is 0 Å². The molecule has 1 fully saturated rings. The highest BCUT2D eigenvalue weighted by Crippen LogP contribution is 2.34. The molecule has 1 saturated heterocycles. The molecule has 3 nitrogen and oxygen atoms in total. The number of rotatable bonds is 2. The fraction of sp³-hybridized carbons (Fsp3) is 0.600. The van der Waals surface area contributed by atoms with Crippen LogP contribution in [0.4, 0.5) is 5.69 Å². The maximum atomic E-state index is 9.61. The van der Waals surface area contributed by atoms with E-state index in [4.69, 9.17) is 0 Å². The molecule has 0 radical (unpaired) electrons. The van der Waals surface area contributed by atoms with Crippen molar-refractivity contribution in [1.82, 2.24) is 4.90 Å². The molecule has 1 unspecified atom stereocenters. The number of aliphatic hydroxyl groups excluding tert-OH is 1. The lowest BCUT2D eigenvalue weighted by atomic mass is 9.97. The van der Waals surface area contributed by atoms with Crippen molar-refractivity contribution in [3.8, 4) is 0 Å². The van der Waals surface area contributed by atoms with E-state index in [1.807, 2.05) is 6.07 Å². The van der Waals surface area contributed by atoms with Gasteiger partial charge in [-0.2, -0.15) is 0 Å². The van der Waals surface area contributed by atoms with Crippen LogP contribution in [0.5, 0.6) is 0 Å². The molecule has 1 N–H and O–H groups in total. The maximum Gasteiger partial charge on any atom is 0.0604 e. The Kier molecular flexibility index (Phi) is 4.54. The van der Waals surface area contributed by atoms with Crippen LogP contribution in [0.3, 0.4) is 0 Å². The summed E-state index contributed by atoms with van der Waals surface area (Å²) in [4.78, 5) is 4.68. The lowest BCUT2D eigenvalue weighted by Gasteiger charge is -2.40. The van der Waals surface area contributed by atoms with Crippen LogP contribution in [0, 0.1) is 0 Å². The van der Waals surface area contributed by atoms with Crippen molar-refractivity contribution < 1.29 is 5.11 Å². The van der Waals surface area contributed by atoms with Crippen molar-refractivity contribution in [2.45, 2.75) is 31.8 Å². The van der Waals surface area contributed by atoms with Crippen LogP contribution in [-0.4, -0.2) is 48.3 Å². The van der Waals surface area contributed by atoms with Crippen molar-refractivity contribution in [2.75, 3.05) is 31.6 Å². The van der Waals surface area contributed by atoms with E-state index in [2.05, 4.69) is 64.8 Å². The van der Waals surface area contributed by atoms with Gasteiger partial charge in [-0.05, 0) is 55.4 Å². The van der Waals surface area contributed by atoms with Gasteiger partial charge in [0.1, 0.15) is 0 Å². The molecule has 1 aliphatic heterocycles. The van der Waals surface area contributed by atoms with Gasteiger partial charge >= 0.3 is 0 Å². The topological polar surface area (TPSA) is 26.7 Å². The normalized spacial score (nSPS) is 24.3. The molecule has 1 aromatic rings. The zero-order valence-corrected chi connectivity index (χ0v) is 13.5. The lowest BCUT2D eigenvalue weighted by molar-refractivity contribution is 0.158. The number of nitrogens with zero attached hydrogens (tertiary/aromatic N) is 2. The first-order valence-corrected chi connectivity index (χ1v) is 7.58. The second-order valence-electron chi connectivity index (χ2n) is 5.94. The van der Waals surface area contributed by atoms with E-state index in [9.17, 15) is 5.11 Å². The fourth-order valence-electron chi connectivity index (χ4n) is 2.66. The molecule has 0 bridgehead atoms. The Morgan fingerprint density at radius 3 is 2.68 bits per heavy atom. The molecule has 1 heterocycles. The predicted octanol–water partition coefficient (Wildman–Crippen LogP) is 2.73. The predicted molar refractivity (Wildman–Crippen MR) is 83.7 cm³/mol. The van der Waals surface area contributed by atoms with Gasteiger partial charge in [0.25, 0.3) is 0 Å². The average Bonchev–Trinajstić information content (AvgIpc) is 2.49. The molecule has 0 spiro atoms. The van der Waals surface area contributed by atoms with Gasteiger partial charge in [-0.3, -0.25) is 4.90 Å². The van der Waals surface area contributed by atoms with Crippen LogP contribution in [-0.2, 0) is 0 Å². The Balaban J connectivity index is 2.37. The van der Waals surface area contributed by atoms with E-state index in [0.29, 0.717) is 0 Å². The van der Waals surface area contributed by atoms with Gasteiger partial charge < -0.3 is 10.0 Å². The van der Waals surface area contributed by atoms with Crippen LogP contribution in [0.1, 0.15) is 20.3 Å². The summed E-state index contributed by atoms with van der Waals surface area (Å²) in [5, 5.41) is 9.61. The van der Waals surface area contributed by atoms with E-state index in [1.54, 1.807) is 0 Å². The van der Waals surface area contributed by atoms with Crippen LogP contribution < -0.4 is 4.90 Å². The van der Waals surface area contributed by atoms with Gasteiger partial charge in [-0.25, -0.2) is 0 Å². The SMILES string of the molecule is CN1CCC(C)(C)N(c2ccccc2Br)CC1CO. The zero-order chi connectivity index (χ0) is 14.0. The van der Waals surface area contributed by atoms with Gasteiger partial charge in [0.2, 0.25) is 0 Å². The molecule has 0 amide bonds. The first-order valence-electron chi connectivity index (χ1n) is 6.79. The van der Waals surface area contributed by atoms with Gasteiger partial charge in [-0.15, -0.1) is 0 Å². The van der Waals surface area contributed by atoms with Crippen LogP contribution in [0.2, 0.25) is 0 Å². The molecule has 0 aliphatic carbocycles. The van der Waals surface area contributed by atoms with E-state index in [-0.39, 0.29) is 18.2 Å². The number of para-hydroxylation sites is 1. The van der Waals surface area contributed by atoms with E-state index in [0.717, 1.165) is 24.0 Å². The van der Waals surface area contributed by atoms with E-state index < -0.39 is 0 Å². The number of halogens is 1. The first kappa shape index (κ1) is 14.8. The van der Waals surface area contributed by atoms with Crippen LogP contribution in [0.25, 0.3) is 0 Å². The van der Waals surface area contributed by atoms with Crippen molar-refractivity contribution in [2.24, 2.45) is 0 Å². The highest BCUT2D eigenvalue weighted by atomic mass is 79.9. The smallest absolute Gasteiger partial charge is 0.0604 e. The number of aliphatic hydroxyl groups is 1. The molecule has 1 aromatic carbocycles. The Bertz CT molecular complexity index is 436. The third-order valence-electron chi connectivity index (χ3n) is 4.18. The largest absolute Gasteiger partial charge is 0.395 e. The maximum absolute atomic E-state index is 9.61. The zero-order valence-electron chi connectivity index (χ0n) is 11.9. The lowest BCUT2D eigenvalue weighted by Crippen LogP contribution is -2.48. The molecule has 0 aromatic heterocycles. The highest BCUT2D eigenvalue weighted by Gasteiger charge is 2.34. The monoisotopic (exact) mass is 326 g/mol. The molecule has 0 saturated carbocycles. The van der Waals surface area contributed by atoms with Crippen LogP contribution >= 0.6 is 15.9 Å². The molecule has 1 aliphatic rings. The summed E-state index contributed by atoms with van der Waals surface area (Å²) in [7, 11) is 2.10. The molecule has 4 heteroatoms. The van der Waals surface area contributed by atoms with Crippen molar-refractivity contribution in [3.05, 3.63) is 28.7 Å². The molecule has 2 rings (SSSR count). The number of hydrogen-bond donors (Lipinski definition) is 1. The summed E-state index contributed by atoms with van der Waals surface area (Å²) in [6.07, 6.45) is 1.08. The fourth-order valence-corrected chi connectivity index (χ4v) is 3.16. The highest BCUT2D eigenvalue weighted by molar-refractivity contribution is 9.10. The van der Waals surface area contributed by atoms with Crippen molar-refractivity contribution in [3.63, 3.8) is 0 Å². The molecule has 106 valence electrons. The van der Waals surface area contributed by atoms with Crippen molar-refractivity contribution >= 4 is 21.6 Å². The average molecular weight is 327 g/mol. The van der Waals surface area contributed by atoms with Gasteiger partial charge in [-0.1, -0.05) is 12.1 Å². The molecular weight excluding hydrogens is 304 g/mol. The minimum atomic E-state index is 0.0854. The Morgan fingerprint density at radius 1 is 1.37 bits per heavy atom. The summed E-state index contributed by atoms with van der Waals surface area (Å²) >= 11 is 3.65. The minimum Gasteiger partial charge on any atom is -0.395 e. The van der Waals surface area contributed by atoms with E-state index >= 15 is 0 Å². The standard InChI is InChI=1S/C15H23BrN2O/c1-15(2)8-9-17(3)12(11-19)10-18(15)14-7-5-4-6-13(14)16/h4-7,12,19H,8-11H2,1-3H3. The number of benzene rings is 1. The second kappa shape index (κ2) is 5.81. The minimum absolute atomic E-state index is 0.0854. The number of hydrogen-bond acceptors (Lipinski definition) is 3.